The van der Waals surface area contributed by atoms with Gasteiger partial charge in [0.2, 0.25) is 0 Å². The van der Waals surface area contributed by atoms with Crippen LogP contribution in [0.4, 0.5) is 0 Å². The van der Waals surface area contributed by atoms with Gasteiger partial charge >= 0.3 is 0 Å². The highest BCUT2D eigenvalue weighted by Crippen LogP contribution is 2.12. The van der Waals surface area contributed by atoms with Crippen LogP contribution in [0.2, 0.25) is 5.02 Å². The summed E-state index contributed by atoms with van der Waals surface area (Å²) in [6, 6.07) is 1.46. The number of hydrogen-bond donors (Lipinski definition) is 3. The molecule has 2 unspecified atom stereocenters. The van der Waals surface area contributed by atoms with Gasteiger partial charge in [-0.2, -0.15) is 11.8 Å². The summed E-state index contributed by atoms with van der Waals surface area (Å²) in [5.41, 5.74) is 0.426. The van der Waals surface area contributed by atoms with E-state index in [-0.39, 0.29) is 23.8 Å². The lowest BCUT2D eigenvalue weighted by atomic mass is 10.2. The molecule has 16 heavy (non-hydrogen) atoms. The summed E-state index contributed by atoms with van der Waals surface area (Å²) in [6.07, 6.45) is 3.45. The first-order chi connectivity index (χ1) is 7.58. The Morgan fingerprint density at radius 1 is 1.75 bits per heavy atom. The molecule has 0 bridgehead atoms. The van der Waals surface area contributed by atoms with E-state index in [0.717, 1.165) is 0 Å². The van der Waals surface area contributed by atoms with Crippen molar-refractivity contribution in [3.63, 3.8) is 0 Å². The van der Waals surface area contributed by atoms with Crippen LogP contribution in [-0.4, -0.2) is 40.2 Å². The topological polar surface area (TPSA) is 65.1 Å². The van der Waals surface area contributed by atoms with Crippen molar-refractivity contribution in [2.24, 2.45) is 0 Å². The highest BCUT2D eigenvalue weighted by atomic mass is 35.5. The molecule has 1 amide bonds. The molecule has 3 N–H and O–H groups in total. The van der Waals surface area contributed by atoms with Gasteiger partial charge in [0.25, 0.3) is 5.91 Å². The molecule has 1 rings (SSSR count). The third kappa shape index (κ3) is 3.43. The zero-order chi connectivity index (χ0) is 12.1. The molecule has 2 atom stereocenters. The van der Waals surface area contributed by atoms with Crippen LogP contribution in [0.25, 0.3) is 0 Å². The number of aliphatic hydroxyl groups excluding tert-OH is 1. The quantitative estimate of drug-likeness (QED) is 0.754. The van der Waals surface area contributed by atoms with Gasteiger partial charge in [0.15, 0.2) is 0 Å². The van der Waals surface area contributed by atoms with Crippen molar-refractivity contribution in [2.75, 3.05) is 12.9 Å². The molecule has 0 aliphatic heterocycles. The average molecular weight is 263 g/mol. The molecule has 1 aromatic heterocycles. The Balaban J connectivity index is 2.57. The number of halogens is 1. The fraction of sp³-hybridized carbons (Fsp3) is 0.500. The molecule has 0 saturated heterocycles. The van der Waals surface area contributed by atoms with Crippen molar-refractivity contribution in [2.45, 2.75) is 18.2 Å². The van der Waals surface area contributed by atoms with Gasteiger partial charge in [0, 0.05) is 17.5 Å². The van der Waals surface area contributed by atoms with Crippen LogP contribution in [0.3, 0.4) is 0 Å². The molecule has 1 heterocycles. The van der Waals surface area contributed by atoms with Crippen molar-refractivity contribution < 1.29 is 9.90 Å². The highest BCUT2D eigenvalue weighted by Gasteiger charge is 2.18. The van der Waals surface area contributed by atoms with E-state index in [1.807, 2.05) is 13.2 Å². The van der Waals surface area contributed by atoms with Crippen LogP contribution in [0.1, 0.15) is 17.4 Å². The van der Waals surface area contributed by atoms with Gasteiger partial charge in [-0.3, -0.25) is 4.79 Å². The van der Waals surface area contributed by atoms with E-state index in [2.05, 4.69) is 10.3 Å². The summed E-state index contributed by atoms with van der Waals surface area (Å²) in [6.45, 7) is 1.90. The van der Waals surface area contributed by atoms with Gasteiger partial charge < -0.3 is 15.4 Å². The lowest BCUT2D eigenvalue weighted by molar-refractivity contribution is 0.0931. The fourth-order valence-corrected chi connectivity index (χ4v) is 2.10. The molecule has 0 aliphatic carbocycles. The second-order valence-corrected chi connectivity index (χ2v) is 4.96. The molecule has 90 valence electrons. The van der Waals surface area contributed by atoms with Gasteiger partial charge in [0.1, 0.15) is 5.69 Å². The normalized spacial score (nSPS) is 14.5. The summed E-state index contributed by atoms with van der Waals surface area (Å²) in [5, 5.41) is 12.4. The van der Waals surface area contributed by atoms with E-state index in [1.54, 1.807) is 12.3 Å². The van der Waals surface area contributed by atoms with E-state index in [9.17, 15) is 4.79 Å². The summed E-state index contributed by atoms with van der Waals surface area (Å²) in [4.78, 5) is 14.5. The van der Waals surface area contributed by atoms with Crippen molar-refractivity contribution in [1.29, 1.82) is 0 Å². The molecule has 0 aromatic carbocycles. The van der Waals surface area contributed by atoms with E-state index < -0.39 is 0 Å². The number of aromatic amines is 1. The molecule has 0 saturated carbocycles. The average Bonchev–Trinajstić information content (AvgIpc) is 2.66. The van der Waals surface area contributed by atoms with Crippen LogP contribution >= 0.6 is 23.4 Å². The Kier molecular flexibility index (Phi) is 5.18. The SMILES string of the molecule is CSC(CO)C(C)NC(=O)c1cc(Cl)c[nH]1. The van der Waals surface area contributed by atoms with Gasteiger partial charge in [-0.05, 0) is 19.2 Å². The minimum Gasteiger partial charge on any atom is -0.395 e. The zero-order valence-electron chi connectivity index (χ0n) is 9.16. The minimum atomic E-state index is -0.216. The Morgan fingerprint density at radius 2 is 2.44 bits per heavy atom. The number of aromatic nitrogens is 1. The summed E-state index contributed by atoms with van der Waals surface area (Å²) < 4.78 is 0. The van der Waals surface area contributed by atoms with Gasteiger partial charge in [-0.25, -0.2) is 0 Å². The Hall–Kier alpha value is -0.650. The number of carbonyl (C=O) groups excluding carboxylic acids is 1. The number of thioether (sulfide) groups is 1. The third-order valence-corrected chi connectivity index (χ3v) is 3.67. The second-order valence-electron chi connectivity index (χ2n) is 3.45. The molecule has 0 spiro atoms. The number of nitrogens with one attached hydrogen (secondary N) is 2. The number of aliphatic hydroxyl groups is 1. The van der Waals surface area contributed by atoms with E-state index in [4.69, 9.17) is 16.7 Å². The predicted octanol–water partition coefficient (Wildman–Crippen LogP) is 1.51. The number of hydrogen-bond acceptors (Lipinski definition) is 3. The summed E-state index contributed by atoms with van der Waals surface area (Å²) in [5.74, 6) is -0.216. The zero-order valence-corrected chi connectivity index (χ0v) is 10.7. The van der Waals surface area contributed by atoms with Crippen LogP contribution in [0, 0.1) is 0 Å². The molecule has 6 heteroatoms. The largest absolute Gasteiger partial charge is 0.395 e. The first kappa shape index (κ1) is 13.4. The van der Waals surface area contributed by atoms with Crippen LogP contribution in [0.5, 0.6) is 0 Å². The van der Waals surface area contributed by atoms with Crippen molar-refractivity contribution in [3.8, 4) is 0 Å². The first-order valence-electron chi connectivity index (χ1n) is 4.87. The molecular formula is C10H15ClN2O2S. The molecule has 0 radical (unpaired) electrons. The monoisotopic (exact) mass is 262 g/mol. The number of amides is 1. The lowest BCUT2D eigenvalue weighted by Gasteiger charge is -2.20. The molecule has 0 aliphatic rings. The number of H-pyrrole nitrogens is 1. The molecule has 0 fully saturated rings. The predicted molar refractivity (Wildman–Crippen MR) is 67.1 cm³/mol. The molecule has 1 aromatic rings. The van der Waals surface area contributed by atoms with Gasteiger partial charge in [-0.15, -0.1) is 0 Å². The summed E-state index contributed by atoms with van der Waals surface area (Å²) in [7, 11) is 0. The van der Waals surface area contributed by atoms with Gasteiger partial charge in [-0.1, -0.05) is 11.6 Å². The maximum Gasteiger partial charge on any atom is 0.267 e. The van der Waals surface area contributed by atoms with E-state index >= 15 is 0 Å². The standard InChI is InChI=1S/C10H15ClN2O2S/c1-6(9(5-14)16-2)13-10(15)8-3-7(11)4-12-8/h3-4,6,9,12,14H,5H2,1-2H3,(H,13,15). The number of carbonyl (C=O) groups is 1. The maximum absolute atomic E-state index is 11.7. The molecule has 4 nitrogen and oxygen atoms in total. The van der Waals surface area contributed by atoms with Gasteiger partial charge in [0.05, 0.1) is 11.6 Å². The Labute approximate surface area is 104 Å². The summed E-state index contributed by atoms with van der Waals surface area (Å²) >= 11 is 7.22. The second kappa shape index (κ2) is 6.18. The minimum absolute atomic E-state index is 0.00520. The van der Waals surface area contributed by atoms with E-state index in [0.29, 0.717) is 10.7 Å². The van der Waals surface area contributed by atoms with Crippen molar-refractivity contribution in [1.82, 2.24) is 10.3 Å². The maximum atomic E-state index is 11.7. The highest BCUT2D eigenvalue weighted by molar-refractivity contribution is 7.99. The Bertz CT molecular complexity index is 352. The third-order valence-electron chi connectivity index (χ3n) is 2.29. The Morgan fingerprint density at radius 3 is 2.88 bits per heavy atom. The van der Waals surface area contributed by atoms with Crippen LogP contribution in [0.15, 0.2) is 12.3 Å². The smallest absolute Gasteiger partial charge is 0.267 e. The lowest BCUT2D eigenvalue weighted by Crippen LogP contribution is -2.41. The fourth-order valence-electron chi connectivity index (χ4n) is 1.31. The number of rotatable bonds is 5. The van der Waals surface area contributed by atoms with Crippen LogP contribution < -0.4 is 5.32 Å². The first-order valence-corrected chi connectivity index (χ1v) is 6.53. The van der Waals surface area contributed by atoms with Crippen molar-refractivity contribution in [3.05, 3.63) is 23.0 Å². The van der Waals surface area contributed by atoms with E-state index in [1.165, 1.54) is 11.8 Å². The van der Waals surface area contributed by atoms with Crippen molar-refractivity contribution >= 4 is 29.3 Å². The molecular weight excluding hydrogens is 248 g/mol. The van der Waals surface area contributed by atoms with Crippen LogP contribution in [-0.2, 0) is 0 Å².